The smallest absolute Gasteiger partial charge is 0.315 e. The maximum atomic E-state index is 12.4. The molecule has 2 bridgehead atoms. The third-order valence-electron chi connectivity index (χ3n) is 7.03. The van der Waals surface area contributed by atoms with Gasteiger partial charge in [-0.3, -0.25) is 0 Å². The maximum Gasteiger partial charge on any atom is 0.315 e. The topological polar surface area (TPSA) is 71.8 Å². The van der Waals surface area contributed by atoms with Crippen LogP contribution in [-0.4, -0.2) is 26.8 Å². The predicted octanol–water partition coefficient (Wildman–Crippen LogP) is 2.95. The van der Waals surface area contributed by atoms with Crippen molar-refractivity contribution in [1.29, 1.82) is 0 Å². The molecule has 0 aliphatic heterocycles. The SMILES string of the molecule is O=C(NCc1ccc(Cn2cncn2)cc1)N[C@@H]1C[C@H]2C[C@H]1[C@@H]1CCC[C@H]21. The third-order valence-corrected chi connectivity index (χ3v) is 7.03. The van der Waals surface area contributed by atoms with Crippen LogP contribution in [0.4, 0.5) is 4.79 Å². The largest absolute Gasteiger partial charge is 0.335 e. The molecule has 0 radical (unpaired) electrons. The monoisotopic (exact) mass is 365 g/mol. The molecule has 3 aliphatic carbocycles. The van der Waals surface area contributed by atoms with E-state index in [-0.39, 0.29) is 6.03 Å². The number of benzene rings is 1. The molecule has 0 saturated heterocycles. The second-order valence-electron chi connectivity index (χ2n) is 8.50. The number of nitrogens with one attached hydrogen (secondary N) is 2. The molecule has 6 nitrogen and oxygen atoms in total. The van der Waals surface area contributed by atoms with Gasteiger partial charge in [0.1, 0.15) is 12.7 Å². The van der Waals surface area contributed by atoms with Gasteiger partial charge >= 0.3 is 6.03 Å². The Kier molecular flexibility index (Phi) is 4.34. The van der Waals surface area contributed by atoms with Gasteiger partial charge in [0.2, 0.25) is 0 Å². The van der Waals surface area contributed by atoms with Crippen molar-refractivity contribution in [3.8, 4) is 0 Å². The predicted molar refractivity (Wildman–Crippen MR) is 102 cm³/mol. The average Bonchev–Trinajstić information content (AvgIpc) is 3.44. The van der Waals surface area contributed by atoms with Crippen LogP contribution in [0, 0.1) is 23.7 Å². The van der Waals surface area contributed by atoms with Crippen LogP contribution in [-0.2, 0) is 13.1 Å². The number of urea groups is 1. The summed E-state index contributed by atoms with van der Waals surface area (Å²) in [5, 5.41) is 10.4. The summed E-state index contributed by atoms with van der Waals surface area (Å²) in [5.41, 5.74) is 2.28. The highest BCUT2D eigenvalue weighted by Crippen LogP contribution is 2.58. The van der Waals surface area contributed by atoms with E-state index in [4.69, 9.17) is 0 Å². The second kappa shape index (κ2) is 6.98. The van der Waals surface area contributed by atoms with E-state index in [1.807, 2.05) is 0 Å². The Morgan fingerprint density at radius 3 is 2.70 bits per heavy atom. The highest BCUT2D eigenvalue weighted by Gasteiger charge is 2.53. The first-order valence-electron chi connectivity index (χ1n) is 10.2. The Morgan fingerprint density at radius 2 is 1.89 bits per heavy atom. The van der Waals surface area contributed by atoms with Crippen molar-refractivity contribution >= 4 is 6.03 Å². The zero-order valence-electron chi connectivity index (χ0n) is 15.6. The van der Waals surface area contributed by atoms with Crippen molar-refractivity contribution in [3.63, 3.8) is 0 Å². The first-order chi connectivity index (χ1) is 13.3. The first kappa shape index (κ1) is 16.8. The number of carbonyl (C=O) groups excluding carboxylic acids is 1. The van der Waals surface area contributed by atoms with E-state index in [2.05, 4.69) is 45.0 Å². The molecule has 3 saturated carbocycles. The molecule has 1 heterocycles. The standard InChI is InChI=1S/C21H27N5O/c27-21(25-20-9-16-8-19(20)18-3-1-2-17(16)18)23-10-14-4-6-15(7-5-14)11-26-13-22-12-24-26/h4-7,12-13,16-20H,1-3,8-11H2,(H2,23,25,27)/t16-,17-,18-,19+,20-/m1/s1. The molecule has 1 aromatic heterocycles. The van der Waals surface area contributed by atoms with Crippen molar-refractivity contribution in [2.24, 2.45) is 23.7 Å². The molecular formula is C21H27N5O. The Morgan fingerprint density at radius 1 is 1.07 bits per heavy atom. The number of carbonyl (C=O) groups is 1. The van der Waals surface area contributed by atoms with Gasteiger partial charge in [-0.05, 0) is 60.5 Å². The molecule has 2 aromatic rings. The van der Waals surface area contributed by atoms with E-state index in [0.717, 1.165) is 29.2 Å². The van der Waals surface area contributed by atoms with Crippen LogP contribution in [0.3, 0.4) is 0 Å². The number of aromatic nitrogens is 3. The maximum absolute atomic E-state index is 12.4. The van der Waals surface area contributed by atoms with E-state index < -0.39 is 0 Å². The number of amides is 2. The fourth-order valence-corrected chi connectivity index (χ4v) is 5.90. The summed E-state index contributed by atoms with van der Waals surface area (Å²) in [5.74, 6) is 3.44. The van der Waals surface area contributed by atoms with Crippen LogP contribution in [0.25, 0.3) is 0 Å². The van der Waals surface area contributed by atoms with E-state index in [0.29, 0.717) is 19.1 Å². The van der Waals surface area contributed by atoms with Crippen LogP contribution < -0.4 is 10.6 Å². The first-order valence-corrected chi connectivity index (χ1v) is 10.2. The number of hydrogen-bond donors (Lipinski definition) is 2. The summed E-state index contributed by atoms with van der Waals surface area (Å²) in [7, 11) is 0. The van der Waals surface area contributed by atoms with Crippen LogP contribution in [0.2, 0.25) is 0 Å². The molecule has 5 atom stereocenters. The van der Waals surface area contributed by atoms with E-state index in [1.165, 1.54) is 37.7 Å². The number of rotatable bonds is 5. The lowest BCUT2D eigenvalue weighted by molar-refractivity contribution is 0.197. The lowest BCUT2D eigenvalue weighted by atomic mass is 9.79. The van der Waals surface area contributed by atoms with Gasteiger partial charge < -0.3 is 10.6 Å². The lowest BCUT2D eigenvalue weighted by Gasteiger charge is -2.32. The molecule has 0 unspecified atom stereocenters. The normalized spacial score (nSPS) is 31.0. The molecule has 6 heteroatoms. The van der Waals surface area contributed by atoms with Crippen molar-refractivity contribution in [2.45, 2.75) is 51.2 Å². The Labute approximate surface area is 159 Å². The van der Waals surface area contributed by atoms with Crippen LogP contribution >= 0.6 is 0 Å². The van der Waals surface area contributed by atoms with Crippen molar-refractivity contribution in [3.05, 3.63) is 48.0 Å². The van der Waals surface area contributed by atoms with Gasteiger partial charge in [-0.2, -0.15) is 5.10 Å². The number of nitrogens with zero attached hydrogens (tertiary/aromatic N) is 3. The quantitative estimate of drug-likeness (QED) is 0.856. The Bertz CT molecular complexity index is 787. The van der Waals surface area contributed by atoms with Gasteiger partial charge in [0, 0.05) is 12.6 Å². The molecule has 2 N–H and O–H groups in total. The fourth-order valence-electron chi connectivity index (χ4n) is 5.90. The molecule has 1 aromatic carbocycles. The van der Waals surface area contributed by atoms with Crippen molar-refractivity contribution in [1.82, 2.24) is 25.4 Å². The van der Waals surface area contributed by atoms with Crippen molar-refractivity contribution in [2.75, 3.05) is 0 Å². The summed E-state index contributed by atoms with van der Waals surface area (Å²) in [6, 6.07) is 8.65. The molecule has 3 fully saturated rings. The van der Waals surface area contributed by atoms with Gasteiger partial charge in [-0.25, -0.2) is 14.5 Å². The van der Waals surface area contributed by atoms with E-state index >= 15 is 0 Å². The molecule has 2 amide bonds. The fraction of sp³-hybridized carbons (Fsp3) is 0.571. The van der Waals surface area contributed by atoms with Gasteiger partial charge in [0.15, 0.2) is 0 Å². The highest BCUT2D eigenvalue weighted by atomic mass is 16.2. The molecule has 142 valence electrons. The minimum Gasteiger partial charge on any atom is -0.335 e. The second-order valence-corrected chi connectivity index (χ2v) is 8.50. The molecule has 3 aliphatic rings. The molecule has 0 spiro atoms. The zero-order chi connectivity index (χ0) is 18.2. The molecular weight excluding hydrogens is 338 g/mol. The zero-order valence-corrected chi connectivity index (χ0v) is 15.6. The number of fused-ring (bicyclic) bond motifs is 5. The van der Waals surface area contributed by atoms with Crippen LogP contribution in [0.1, 0.15) is 43.2 Å². The summed E-state index contributed by atoms with van der Waals surface area (Å²) in [6.45, 7) is 1.27. The summed E-state index contributed by atoms with van der Waals surface area (Å²) in [4.78, 5) is 16.3. The van der Waals surface area contributed by atoms with Gasteiger partial charge in [-0.15, -0.1) is 0 Å². The molecule has 27 heavy (non-hydrogen) atoms. The summed E-state index contributed by atoms with van der Waals surface area (Å²) in [6.07, 6.45) is 9.99. The summed E-state index contributed by atoms with van der Waals surface area (Å²) < 4.78 is 1.80. The van der Waals surface area contributed by atoms with Crippen molar-refractivity contribution < 1.29 is 4.79 Å². The van der Waals surface area contributed by atoms with Gasteiger partial charge in [0.05, 0.1) is 6.54 Å². The number of hydrogen-bond acceptors (Lipinski definition) is 3. The minimum atomic E-state index is -0.0196. The van der Waals surface area contributed by atoms with E-state index in [1.54, 1.807) is 17.3 Å². The van der Waals surface area contributed by atoms with Crippen LogP contribution in [0.15, 0.2) is 36.9 Å². The Hall–Kier alpha value is -2.37. The Balaban J connectivity index is 1.10. The highest BCUT2D eigenvalue weighted by molar-refractivity contribution is 5.74. The minimum absolute atomic E-state index is 0.0196. The summed E-state index contributed by atoms with van der Waals surface area (Å²) >= 11 is 0. The van der Waals surface area contributed by atoms with E-state index in [9.17, 15) is 4.79 Å². The van der Waals surface area contributed by atoms with Gasteiger partial charge in [0.25, 0.3) is 0 Å². The lowest BCUT2D eigenvalue weighted by Crippen LogP contribution is -2.46. The van der Waals surface area contributed by atoms with Gasteiger partial charge in [-0.1, -0.05) is 30.7 Å². The molecule has 5 rings (SSSR count). The average molecular weight is 365 g/mol. The third kappa shape index (κ3) is 3.33. The van der Waals surface area contributed by atoms with Crippen LogP contribution in [0.5, 0.6) is 0 Å².